The van der Waals surface area contributed by atoms with Crippen LogP contribution in [-0.4, -0.2) is 30.6 Å². The van der Waals surface area contributed by atoms with Crippen molar-refractivity contribution in [2.45, 2.75) is 46.1 Å². The first-order chi connectivity index (χ1) is 7.64. The van der Waals surface area contributed by atoms with E-state index in [2.05, 4.69) is 31.7 Å². The Kier molecular flexibility index (Phi) is 3.41. The van der Waals surface area contributed by atoms with Crippen LogP contribution in [0.3, 0.4) is 0 Å². The molecule has 2 atom stereocenters. The van der Waals surface area contributed by atoms with Gasteiger partial charge in [-0.25, -0.2) is 0 Å². The van der Waals surface area contributed by atoms with Crippen molar-refractivity contribution in [1.82, 2.24) is 4.90 Å². The fraction of sp³-hybridized carbons (Fsp3) is 0.857. The predicted molar refractivity (Wildman–Crippen MR) is 69.3 cm³/mol. The van der Waals surface area contributed by atoms with Crippen molar-refractivity contribution in [1.29, 1.82) is 0 Å². The zero-order valence-corrected chi connectivity index (χ0v) is 11.0. The Hall–Kier alpha value is -0.340. The Morgan fingerprint density at radius 1 is 1.44 bits per heavy atom. The molecule has 2 aliphatic rings. The molecule has 1 saturated heterocycles. The van der Waals surface area contributed by atoms with Crippen molar-refractivity contribution in [3.05, 3.63) is 11.6 Å². The third-order valence-corrected chi connectivity index (χ3v) is 4.98. The first-order valence-corrected chi connectivity index (χ1v) is 6.77. The zero-order valence-electron chi connectivity index (χ0n) is 11.0. The van der Waals surface area contributed by atoms with E-state index in [0.717, 1.165) is 0 Å². The average Bonchev–Trinajstić information content (AvgIpc) is 2.55. The number of allylic oxidation sites excluding steroid dienone is 1. The van der Waals surface area contributed by atoms with Crippen molar-refractivity contribution < 1.29 is 0 Å². The fourth-order valence-electron chi connectivity index (χ4n) is 3.76. The monoisotopic (exact) mass is 222 g/mol. The predicted octanol–water partition coefficient (Wildman–Crippen LogP) is 2.40. The van der Waals surface area contributed by atoms with E-state index in [4.69, 9.17) is 5.73 Å². The summed E-state index contributed by atoms with van der Waals surface area (Å²) in [5, 5.41) is 0. The van der Waals surface area contributed by atoms with E-state index in [1.165, 1.54) is 38.9 Å². The molecule has 2 fully saturated rings. The maximum Gasteiger partial charge on any atom is 0.0163 e. The highest BCUT2D eigenvalue weighted by Gasteiger charge is 2.48. The summed E-state index contributed by atoms with van der Waals surface area (Å²) >= 11 is 0. The molecule has 2 N–H and O–H groups in total. The fourth-order valence-corrected chi connectivity index (χ4v) is 3.76. The molecule has 1 heterocycles. The molecule has 0 amide bonds. The molecule has 92 valence electrons. The molecule has 1 aliphatic carbocycles. The largest absolute Gasteiger partial charge is 0.327 e. The van der Waals surface area contributed by atoms with Gasteiger partial charge in [0.15, 0.2) is 0 Å². The lowest BCUT2D eigenvalue weighted by molar-refractivity contribution is 0.119. The number of nitrogens with two attached hydrogens (primary N) is 1. The summed E-state index contributed by atoms with van der Waals surface area (Å²) in [5.41, 5.74) is 8.47. The first kappa shape index (κ1) is 12.1. The van der Waals surface area contributed by atoms with Crippen LogP contribution < -0.4 is 5.73 Å². The zero-order chi connectivity index (χ0) is 11.8. The van der Waals surface area contributed by atoms with E-state index < -0.39 is 0 Å². The Morgan fingerprint density at radius 2 is 2.06 bits per heavy atom. The molecule has 1 saturated carbocycles. The van der Waals surface area contributed by atoms with Gasteiger partial charge in [-0.15, -0.1) is 0 Å². The lowest BCUT2D eigenvalue weighted by atomic mass is 9.71. The van der Waals surface area contributed by atoms with Crippen LogP contribution in [0.15, 0.2) is 11.6 Å². The third-order valence-electron chi connectivity index (χ3n) is 4.98. The van der Waals surface area contributed by atoms with Crippen LogP contribution in [0.25, 0.3) is 0 Å². The lowest BCUT2D eigenvalue weighted by Gasteiger charge is -2.43. The van der Waals surface area contributed by atoms with Gasteiger partial charge in [-0.3, -0.25) is 0 Å². The van der Waals surface area contributed by atoms with Crippen molar-refractivity contribution in [2.24, 2.45) is 17.1 Å². The number of nitrogens with zero attached hydrogens (tertiary/aromatic N) is 1. The maximum atomic E-state index is 6.48. The highest BCUT2D eigenvalue weighted by atomic mass is 15.1. The standard InChI is InChI=1S/C14H26N2/c1-4-12-10-11(3)13(15)14(12)6-8-16(5-2)9-7-14/h4,11,13H,5-10,15H2,1-3H3/b12-4+/t11?,13-/m1/s1. The summed E-state index contributed by atoms with van der Waals surface area (Å²) < 4.78 is 0. The van der Waals surface area contributed by atoms with Gasteiger partial charge in [-0.2, -0.15) is 0 Å². The highest BCUT2D eigenvalue weighted by Crippen LogP contribution is 2.51. The second kappa shape index (κ2) is 4.50. The van der Waals surface area contributed by atoms with Crippen LogP contribution >= 0.6 is 0 Å². The van der Waals surface area contributed by atoms with Crippen molar-refractivity contribution in [3.8, 4) is 0 Å². The first-order valence-electron chi connectivity index (χ1n) is 6.77. The van der Waals surface area contributed by atoms with Crippen LogP contribution in [0.2, 0.25) is 0 Å². The molecule has 0 aromatic heterocycles. The number of hydrogen-bond acceptors (Lipinski definition) is 2. The summed E-state index contributed by atoms with van der Waals surface area (Å²) in [6.45, 7) is 10.4. The van der Waals surface area contributed by atoms with Gasteiger partial charge in [0, 0.05) is 11.5 Å². The van der Waals surface area contributed by atoms with Gasteiger partial charge in [-0.05, 0) is 51.7 Å². The lowest BCUT2D eigenvalue weighted by Crippen LogP contribution is -2.48. The van der Waals surface area contributed by atoms with E-state index in [1.807, 2.05) is 0 Å². The topological polar surface area (TPSA) is 29.3 Å². The molecule has 0 aromatic rings. The van der Waals surface area contributed by atoms with Crippen molar-refractivity contribution in [2.75, 3.05) is 19.6 Å². The molecule has 0 bridgehead atoms. The van der Waals surface area contributed by atoms with Crippen LogP contribution in [0.5, 0.6) is 0 Å². The summed E-state index contributed by atoms with van der Waals surface area (Å²) in [6, 6.07) is 0.387. The Morgan fingerprint density at radius 3 is 2.56 bits per heavy atom. The van der Waals surface area contributed by atoms with Gasteiger partial charge in [0.05, 0.1) is 0 Å². The van der Waals surface area contributed by atoms with E-state index in [0.29, 0.717) is 17.4 Å². The van der Waals surface area contributed by atoms with E-state index in [-0.39, 0.29) is 0 Å². The summed E-state index contributed by atoms with van der Waals surface area (Å²) in [7, 11) is 0. The van der Waals surface area contributed by atoms with Crippen LogP contribution in [-0.2, 0) is 0 Å². The Balaban J connectivity index is 2.17. The molecule has 1 unspecified atom stereocenters. The molecular formula is C14H26N2. The van der Waals surface area contributed by atoms with Gasteiger partial charge in [-0.1, -0.05) is 25.5 Å². The van der Waals surface area contributed by atoms with Crippen molar-refractivity contribution in [3.63, 3.8) is 0 Å². The minimum absolute atomic E-state index is 0.347. The minimum Gasteiger partial charge on any atom is -0.327 e. The van der Waals surface area contributed by atoms with Crippen LogP contribution in [0.4, 0.5) is 0 Å². The molecule has 0 aromatic carbocycles. The SMILES string of the molecule is C/C=C1\CC(C)[C@@H](N)C12CCN(CC)CC2. The maximum absolute atomic E-state index is 6.48. The Labute approximate surface area is 99.9 Å². The molecule has 1 spiro atoms. The summed E-state index contributed by atoms with van der Waals surface area (Å²) in [6.07, 6.45) is 6.10. The molecule has 16 heavy (non-hydrogen) atoms. The normalized spacial score (nSPS) is 37.4. The van der Waals surface area contributed by atoms with E-state index in [9.17, 15) is 0 Å². The summed E-state index contributed by atoms with van der Waals surface area (Å²) in [4.78, 5) is 2.55. The van der Waals surface area contributed by atoms with Crippen molar-refractivity contribution >= 4 is 0 Å². The number of rotatable bonds is 1. The smallest absolute Gasteiger partial charge is 0.0163 e. The molecule has 2 heteroatoms. The van der Waals surface area contributed by atoms with E-state index >= 15 is 0 Å². The third kappa shape index (κ3) is 1.72. The second-order valence-corrected chi connectivity index (χ2v) is 5.61. The number of piperidine rings is 1. The number of likely N-dealkylation sites (tertiary alicyclic amines) is 1. The quantitative estimate of drug-likeness (QED) is 0.690. The van der Waals surface area contributed by atoms with Crippen LogP contribution in [0, 0.1) is 11.3 Å². The highest BCUT2D eigenvalue weighted by molar-refractivity contribution is 5.25. The molecule has 2 nitrogen and oxygen atoms in total. The van der Waals surface area contributed by atoms with Gasteiger partial charge in [0.2, 0.25) is 0 Å². The van der Waals surface area contributed by atoms with Gasteiger partial charge in [0.1, 0.15) is 0 Å². The molecule has 1 aliphatic heterocycles. The van der Waals surface area contributed by atoms with Gasteiger partial charge >= 0.3 is 0 Å². The molecular weight excluding hydrogens is 196 g/mol. The van der Waals surface area contributed by atoms with Crippen LogP contribution in [0.1, 0.15) is 40.0 Å². The van der Waals surface area contributed by atoms with Gasteiger partial charge < -0.3 is 10.6 Å². The number of hydrogen-bond donors (Lipinski definition) is 1. The molecule has 2 rings (SSSR count). The minimum atomic E-state index is 0.347. The average molecular weight is 222 g/mol. The Bertz CT molecular complexity index is 274. The van der Waals surface area contributed by atoms with Gasteiger partial charge in [0.25, 0.3) is 0 Å². The molecule has 0 radical (unpaired) electrons. The second-order valence-electron chi connectivity index (χ2n) is 5.61. The summed E-state index contributed by atoms with van der Waals surface area (Å²) in [5.74, 6) is 0.666. The van der Waals surface area contributed by atoms with E-state index in [1.54, 1.807) is 5.57 Å².